The van der Waals surface area contributed by atoms with Crippen molar-refractivity contribution in [2.24, 2.45) is 0 Å². The van der Waals surface area contributed by atoms with Crippen LogP contribution in [0.5, 0.6) is 0 Å². The van der Waals surface area contributed by atoms with Crippen molar-refractivity contribution in [2.45, 2.75) is 33.3 Å². The number of nitrogens with one attached hydrogen (secondary N) is 2. The van der Waals surface area contributed by atoms with Crippen molar-refractivity contribution < 1.29 is 14.3 Å². The molecule has 0 saturated heterocycles. The van der Waals surface area contributed by atoms with Gasteiger partial charge in [-0.25, -0.2) is 9.37 Å². The van der Waals surface area contributed by atoms with Crippen LogP contribution in [-0.4, -0.2) is 36.8 Å². The van der Waals surface area contributed by atoms with E-state index in [2.05, 4.69) is 15.6 Å². The Morgan fingerprint density at radius 3 is 2.35 bits per heavy atom. The highest BCUT2D eigenvalue weighted by atomic mass is 32.1. The van der Waals surface area contributed by atoms with Crippen LogP contribution >= 0.6 is 11.3 Å². The predicted octanol–water partition coefficient (Wildman–Crippen LogP) is 6.71. The van der Waals surface area contributed by atoms with Crippen LogP contribution in [0.3, 0.4) is 0 Å². The molecule has 0 aliphatic heterocycles. The molecule has 1 atom stereocenters. The quantitative estimate of drug-likeness (QED) is 0.219. The molecule has 7 nitrogen and oxygen atoms in total. The standard InChI is InChI=1S/C26H30FN5O2S.C2H6/c1-17(6-4-5-15-27)16-22(33)23-24(28)31-26(35-23)30-20-9-7-18(8-10-20)25(34)29-19-11-13-21(14-12-19)32(2)3;1-2/h4-14,22,33H,15-16,28H2,1-3H3,(H,29,34)(H,30,31);1-2H3/b5-4-,17-6-;. The van der Waals surface area contributed by atoms with Crippen LogP contribution in [0.15, 0.2) is 72.3 Å². The number of aliphatic hydroxyl groups excluding tert-OH is 1. The summed E-state index contributed by atoms with van der Waals surface area (Å²) in [6, 6.07) is 14.6. The summed E-state index contributed by atoms with van der Waals surface area (Å²) in [6.07, 6.45) is 4.34. The molecule has 1 heterocycles. The number of thiazole rings is 1. The summed E-state index contributed by atoms with van der Waals surface area (Å²) in [5.41, 5.74) is 9.94. The van der Waals surface area contributed by atoms with E-state index in [4.69, 9.17) is 5.73 Å². The molecule has 0 fully saturated rings. The topological polar surface area (TPSA) is 104 Å². The Balaban J connectivity index is 0.00000235. The lowest BCUT2D eigenvalue weighted by molar-refractivity contribution is 0.102. The molecular weight excluding hydrogens is 489 g/mol. The number of alkyl halides is 1. The number of halogens is 1. The summed E-state index contributed by atoms with van der Waals surface area (Å²) < 4.78 is 12.2. The molecule has 0 bridgehead atoms. The second kappa shape index (κ2) is 14.8. The number of allylic oxidation sites excluding steroid dienone is 3. The van der Waals surface area contributed by atoms with Crippen molar-refractivity contribution in [1.29, 1.82) is 0 Å². The molecule has 0 radical (unpaired) electrons. The smallest absolute Gasteiger partial charge is 0.255 e. The Bertz CT molecular complexity index is 1190. The molecule has 1 amide bonds. The second-order valence-corrected chi connectivity index (χ2v) is 9.21. The minimum Gasteiger partial charge on any atom is -0.387 e. The number of nitrogens with zero attached hydrogens (tertiary/aromatic N) is 2. The number of carbonyl (C=O) groups is 1. The largest absolute Gasteiger partial charge is 0.387 e. The first-order valence-corrected chi connectivity index (χ1v) is 12.9. The summed E-state index contributed by atoms with van der Waals surface area (Å²) >= 11 is 1.26. The zero-order chi connectivity index (χ0) is 27.4. The molecule has 198 valence electrons. The number of aromatic nitrogens is 1. The average molecular weight is 526 g/mol. The van der Waals surface area contributed by atoms with E-state index in [-0.39, 0.29) is 11.7 Å². The number of amides is 1. The summed E-state index contributed by atoms with van der Waals surface area (Å²) in [4.78, 5) is 19.4. The van der Waals surface area contributed by atoms with Gasteiger partial charge in [0.05, 0.1) is 11.0 Å². The molecule has 3 rings (SSSR count). The van der Waals surface area contributed by atoms with Crippen LogP contribution in [0.1, 0.15) is 48.5 Å². The van der Waals surface area contributed by atoms with Crippen LogP contribution < -0.4 is 21.3 Å². The number of hydrogen-bond acceptors (Lipinski definition) is 7. The fourth-order valence-electron chi connectivity index (χ4n) is 3.26. The summed E-state index contributed by atoms with van der Waals surface area (Å²) in [5.74, 6) is 0.0521. The fourth-order valence-corrected chi connectivity index (χ4v) is 4.15. The third-order valence-corrected chi connectivity index (χ3v) is 6.23. The molecule has 5 N–H and O–H groups in total. The SMILES string of the molecule is C/C(=C/C=C\CF)CC(O)c1sc(Nc2ccc(C(=O)Nc3ccc(N(C)C)cc3)cc2)nc1N.CC. The van der Waals surface area contributed by atoms with Crippen LogP contribution in [0.2, 0.25) is 0 Å². The number of hydrogen-bond donors (Lipinski definition) is 4. The highest BCUT2D eigenvalue weighted by Gasteiger charge is 2.17. The Labute approximate surface area is 222 Å². The Morgan fingerprint density at radius 1 is 1.14 bits per heavy atom. The van der Waals surface area contributed by atoms with Gasteiger partial charge in [0.15, 0.2) is 5.13 Å². The minimum absolute atomic E-state index is 0.206. The van der Waals surface area contributed by atoms with Crippen molar-refractivity contribution in [2.75, 3.05) is 42.0 Å². The minimum atomic E-state index is -0.809. The van der Waals surface area contributed by atoms with E-state index in [1.807, 2.05) is 64.0 Å². The maximum Gasteiger partial charge on any atom is 0.255 e. The monoisotopic (exact) mass is 525 g/mol. The molecule has 9 heteroatoms. The van der Waals surface area contributed by atoms with Gasteiger partial charge >= 0.3 is 0 Å². The molecule has 0 aliphatic carbocycles. The summed E-state index contributed by atoms with van der Waals surface area (Å²) in [6.45, 7) is 5.33. The fraction of sp³-hybridized carbons (Fsp3) is 0.286. The summed E-state index contributed by atoms with van der Waals surface area (Å²) in [5, 5.41) is 17.1. The molecule has 2 aromatic carbocycles. The molecule has 37 heavy (non-hydrogen) atoms. The van der Waals surface area contributed by atoms with Gasteiger partial charge in [0.2, 0.25) is 0 Å². The lowest BCUT2D eigenvalue weighted by Gasteiger charge is -2.13. The number of nitrogens with two attached hydrogens (primary N) is 1. The number of benzene rings is 2. The van der Waals surface area contributed by atoms with E-state index >= 15 is 0 Å². The van der Waals surface area contributed by atoms with Gasteiger partial charge in [-0.05, 0) is 61.9 Å². The van der Waals surface area contributed by atoms with E-state index in [9.17, 15) is 14.3 Å². The highest BCUT2D eigenvalue weighted by molar-refractivity contribution is 7.16. The van der Waals surface area contributed by atoms with Gasteiger partial charge in [0, 0.05) is 36.7 Å². The molecule has 1 aromatic heterocycles. The second-order valence-electron chi connectivity index (χ2n) is 8.18. The molecule has 1 unspecified atom stereocenters. The van der Waals surface area contributed by atoms with Crippen LogP contribution in [0.25, 0.3) is 0 Å². The zero-order valence-corrected chi connectivity index (χ0v) is 22.8. The Morgan fingerprint density at radius 2 is 1.76 bits per heavy atom. The van der Waals surface area contributed by atoms with E-state index in [0.717, 1.165) is 22.6 Å². The van der Waals surface area contributed by atoms with E-state index in [1.165, 1.54) is 17.4 Å². The number of carbonyl (C=O) groups excluding carboxylic acids is 1. The molecule has 0 spiro atoms. The molecular formula is C28H36FN5O2S. The average Bonchev–Trinajstić information content (AvgIpc) is 3.26. The molecule has 0 saturated carbocycles. The Kier molecular flexibility index (Phi) is 11.8. The van der Waals surface area contributed by atoms with Gasteiger partial charge in [-0.1, -0.05) is 49.0 Å². The third kappa shape index (κ3) is 9.04. The van der Waals surface area contributed by atoms with Gasteiger partial charge in [-0.15, -0.1) is 0 Å². The highest BCUT2D eigenvalue weighted by Crippen LogP contribution is 2.35. The lowest BCUT2D eigenvalue weighted by Crippen LogP contribution is -2.12. The van der Waals surface area contributed by atoms with E-state index < -0.39 is 12.8 Å². The maximum atomic E-state index is 12.6. The first-order chi connectivity index (χ1) is 17.8. The van der Waals surface area contributed by atoms with Crippen molar-refractivity contribution in [3.05, 3.63) is 82.8 Å². The first-order valence-electron chi connectivity index (χ1n) is 12.0. The summed E-state index contributed by atoms with van der Waals surface area (Å²) in [7, 11) is 3.92. The predicted molar refractivity (Wildman–Crippen MR) is 155 cm³/mol. The normalized spacial score (nSPS) is 12.0. The molecule has 3 aromatic rings. The van der Waals surface area contributed by atoms with Crippen LogP contribution in [-0.2, 0) is 0 Å². The number of aliphatic hydroxyl groups is 1. The third-order valence-electron chi connectivity index (χ3n) is 5.14. The van der Waals surface area contributed by atoms with Gasteiger partial charge in [-0.2, -0.15) is 0 Å². The lowest BCUT2D eigenvalue weighted by atomic mass is 10.1. The maximum absolute atomic E-state index is 12.6. The van der Waals surface area contributed by atoms with E-state index in [0.29, 0.717) is 22.0 Å². The van der Waals surface area contributed by atoms with Gasteiger partial charge in [0.25, 0.3) is 5.91 Å². The van der Waals surface area contributed by atoms with Crippen molar-refractivity contribution in [1.82, 2.24) is 4.98 Å². The zero-order valence-electron chi connectivity index (χ0n) is 22.0. The van der Waals surface area contributed by atoms with Gasteiger partial charge in [-0.3, -0.25) is 4.79 Å². The number of anilines is 5. The van der Waals surface area contributed by atoms with Gasteiger partial charge < -0.3 is 26.4 Å². The van der Waals surface area contributed by atoms with Crippen molar-refractivity contribution in [3.63, 3.8) is 0 Å². The molecule has 0 aliphatic rings. The first kappa shape index (κ1) is 29.5. The number of nitrogen functional groups attached to an aromatic ring is 1. The van der Waals surface area contributed by atoms with Crippen molar-refractivity contribution in [3.8, 4) is 0 Å². The van der Waals surface area contributed by atoms with Crippen molar-refractivity contribution >= 4 is 45.3 Å². The Hall–Kier alpha value is -3.69. The van der Waals surface area contributed by atoms with E-state index in [1.54, 1.807) is 36.4 Å². The van der Waals surface area contributed by atoms with Crippen LogP contribution in [0.4, 0.5) is 32.4 Å². The van der Waals surface area contributed by atoms with Crippen LogP contribution in [0, 0.1) is 0 Å². The number of rotatable bonds is 10. The van der Waals surface area contributed by atoms with Gasteiger partial charge in [0.1, 0.15) is 12.5 Å².